The Kier molecular flexibility index (Phi) is 2.41. The van der Waals surface area contributed by atoms with Gasteiger partial charge in [-0.05, 0) is 15.9 Å². The maximum atomic E-state index is 10.8. The van der Waals surface area contributed by atoms with Crippen molar-refractivity contribution in [3.63, 3.8) is 0 Å². The second-order valence-corrected chi connectivity index (χ2v) is 2.24. The SMILES string of the molecule is FC(S)Br. The topological polar surface area (TPSA) is 0 Å². The fourth-order valence-electron chi connectivity index (χ4n) is 0. The first-order valence-corrected chi connectivity index (χ1v) is 2.13. The number of thiol groups is 1. The van der Waals surface area contributed by atoms with E-state index in [4.69, 9.17) is 0 Å². The molecule has 1 atom stereocenters. The molecule has 4 heavy (non-hydrogen) atoms. The van der Waals surface area contributed by atoms with Gasteiger partial charge in [0, 0.05) is 0 Å². The quantitative estimate of drug-likeness (QED) is 0.388. The molecule has 0 fully saturated rings. The molecule has 0 spiro atoms. The van der Waals surface area contributed by atoms with Crippen molar-refractivity contribution in [3.8, 4) is 0 Å². The molecule has 0 aromatic carbocycles. The summed E-state index contributed by atoms with van der Waals surface area (Å²) in [6.07, 6.45) is 0. The molecule has 0 aromatic rings. The van der Waals surface area contributed by atoms with E-state index >= 15 is 0 Å². The van der Waals surface area contributed by atoms with E-state index in [-0.39, 0.29) is 0 Å². The van der Waals surface area contributed by atoms with Gasteiger partial charge in [0.2, 0.25) is 0 Å². The van der Waals surface area contributed by atoms with E-state index in [1.165, 1.54) is 0 Å². The maximum absolute atomic E-state index is 10.8. The fraction of sp³-hybridized carbons (Fsp3) is 1.00. The van der Waals surface area contributed by atoms with Gasteiger partial charge in [0.1, 0.15) is 0 Å². The Bertz CT molecular complexity index is 12.8. The van der Waals surface area contributed by atoms with Gasteiger partial charge >= 0.3 is 0 Å². The van der Waals surface area contributed by atoms with Crippen LogP contribution in [0.25, 0.3) is 0 Å². The summed E-state index contributed by atoms with van der Waals surface area (Å²) in [4.78, 5) is 0. The maximum Gasteiger partial charge on any atom is 0.197 e. The molecular formula is CH2BrFS. The van der Waals surface area contributed by atoms with Gasteiger partial charge in [0.15, 0.2) is 4.41 Å². The van der Waals surface area contributed by atoms with Gasteiger partial charge in [-0.2, -0.15) is 0 Å². The van der Waals surface area contributed by atoms with Crippen LogP contribution in [0.3, 0.4) is 0 Å². The largest absolute Gasteiger partial charge is 0.223 e. The van der Waals surface area contributed by atoms with Gasteiger partial charge < -0.3 is 0 Å². The highest BCUT2D eigenvalue weighted by Crippen LogP contribution is 2.01. The Labute approximate surface area is 37.9 Å². The predicted octanol–water partition coefficient (Wildman–Crippen LogP) is 1.56. The number of halogens is 2. The summed E-state index contributed by atoms with van der Waals surface area (Å²) in [6.45, 7) is 0. The van der Waals surface area contributed by atoms with E-state index in [0.29, 0.717) is 0 Å². The Morgan fingerprint density at radius 1 is 2.00 bits per heavy atom. The molecule has 0 bridgehead atoms. The van der Waals surface area contributed by atoms with E-state index in [1.54, 1.807) is 0 Å². The summed E-state index contributed by atoms with van der Waals surface area (Å²) in [5, 5.41) is 0. The van der Waals surface area contributed by atoms with Crippen LogP contribution in [-0.2, 0) is 0 Å². The van der Waals surface area contributed by atoms with Gasteiger partial charge in [0.25, 0.3) is 0 Å². The summed E-state index contributed by atoms with van der Waals surface area (Å²) >= 11 is 5.68. The predicted molar refractivity (Wildman–Crippen MR) is 22.8 cm³/mol. The summed E-state index contributed by atoms with van der Waals surface area (Å²) in [5.41, 5.74) is 0. The van der Waals surface area contributed by atoms with E-state index in [9.17, 15) is 4.39 Å². The average molecular weight is 145 g/mol. The number of hydrogen-bond donors (Lipinski definition) is 1. The number of alkyl halides is 2. The zero-order valence-electron chi connectivity index (χ0n) is 1.78. The molecule has 0 aliphatic heterocycles. The third-order valence-corrected chi connectivity index (χ3v) is 0. The molecule has 0 N–H and O–H groups in total. The standard InChI is InChI=1S/CH2BrFS/c2-1(3)4/h1,4H. The molecule has 0 nitrogen and oxygen atoms in total. The minimum Gasteiger partial charge on any atom is -0.223 e. The highest BCUT2D eigenvalue weighted by Gasteiger charge is 1.78. The molecule has 0 saturated carbocycles. The van der Waals surface area contributed by atoms with Gasteiger partial charge in [-0.1, -0.05) is 0 Å². The highest BCUT2D eigenvalue weighted by molar-refractivity contribution is 9.11. The van der Waals surface area contributed by atoms with Gasteiger partial charge in [-0.25, -0.2) is 4.39 Å². The van der Waals surface area contributed by atoms with Gasteiger partial charge in [-0.15, -0.1) is 12.6 Å². The third kappa shape index (κ3) is 14.8. The van der Waals surface area contributed by atoms with Crippen LogP contribution in [0.15, 0.2) is 0 Å². The number of hydrogen-bond acceptors (Lipinski definition) is 1. The Morgan fingerprint density at radius 3 is 2.00 bits per heavy atom. The van der Waals surface area contributed by atoms with Crippen molar-refractivity contribution >= 4 is 28.6 Å². The van der Waals surface area contributed by atoms with Crippen molar-refractivity contribution in [2.24, 2.45) is 0 Å². The Balaban J connectivity index is 2.32. The lowest BCUT2D eigenvalue weighted by Gasteiger charge is -1.71. The van der Waals surface area contributed by atoms with Crippen molar-refractivity contribution in [1.29, 1.82) is 0 Å². The summed E-state index contributed by atoms with van der Waals surface area (Å²) < 4.78 is 9.62. The molecule has 0 radical (unpaired) electrons. The zero-order chi connectivity index (χ0) is 3.58. The van der Waals surface area contributed by atoms with Crippen LogP contribution in [0.5, 0.6) is 0 Å². The van der Waals surface area contributed by atoms with Crippen LogP contribution in [0.4, 0.5) is 4.39 Å². The molecule has 0 aromatic heterocycles. The minimum atomic E-state index is -1.16. The molecule has 26 valence electrons. The number of rotatable bonds is 0. The molecular weight excluding hydrogens is 143 g/mol. The van der Waals surface area contributed by atoms with Crippen molar-refractivity contribution in [3.05, 3.63) is 0 Å². The first-order valence-electron chi connectivity index (χ1n) is 0.695. The van der Waals surface area contributed by atoms with E-state index in [0.717, 1.165) is 0 Å². The van der Waals surface area contributed by atoms with Crippen LogP contribution in [0.1, 0.15) is 0 Å². The molecule has 0 rings (SSSR count). The molecule has 3 heteroatoms. The Morgan fingerprint density at radius 2 is 2.00 bits per heavy atom. The van der Waals surface area contributed by atoms with Crippen molar-refractivity contribution in [2.75, 3.05) is 0 Å². The smallest absolute Gasteiger partial charge is 0.197 e. The molecule has 0 aliphatic rings. The van der Waals surface area contributed by atoms with Crippen molar-refractivity contribution in [1.82, 2.24) is 0 Å². The molecule has 0 heterocycles. The molecule has 0 amide bonds. The fourth-order valence-corrected chi connectivity index (χ4v) is 0. The average Bonchev–Trinajstić information content (AvgIpc) is 0.811. The summed E-state index contributed by atoms with van der Waals surface area (Å²) in [7, 11) is 0. The van der Waals surface area contributed by atoms with Crippen LogP contribution in [0, 0.1) is 0 Å². The zero-order valence-corrected chi connectivity index (χ0v) is 4.26. The monoisotopic (exact) mass is 144 g/mol. The molecule has 0 aliphatic carbocycles. The van der Waals surface area contributed by atoms with E-state index in [2.05, 4.69) is 28.6 Å². The molecule has 1 unspecified atom stereocenters. The lowest BCUT2D eigenvalue weighted by molar-refractivity contribution is 0.579. The lowest BCUT2D eigenvalue weighted by Crippen LogP contribution is -1.57. The van der Waals surface area contributed by atoms with Crippen LogP contribution >= 0.6 is 28.6 Å². The first kappa shape index (κ1) is 4.76. The van der Waals surface area contributed by atoms with Crippen molar-refractivity contribution in [2.45, 2.75) is 4.41 Å². The second-order valence-electron chi connectivity index (χ2n) is 0.278. The summed E-state index contributed by atoms with van der Waals surface area (Å²) in [6, 6.07) is 0. The lowest BCUT2D eigenvalue weighted by atomic mass is 11.8. The van der Waals surface area contributed by atoms with Crippen LogP contribution in [-0.4, -0.2) is 4.41 Å². The van der Waals surface area contributed by atoms with Crippen molar-refractivity contribution < 1.29 is 4.39 Å². The normalized spacial score (nSPS) is 15.8. The Hall–Kier alpha value is 0.760. The van der Waals surface area contributed by atoms with E-state index < -0.39 is 4.41 Å². The third-order valence-electron chi connectivity index (χ3n) is 0. The van der Waals surface area contributed by atoms with Crippen LogP contribution in [0.2, 0.25) is 0 Å². The second kappa shape index (κ2) is 2.03. The minimum absolute atomic E-state index is 1.16. The summed E-state index contributed by atoms with van der Waals surface area (Å²) in [5.74, 6) is 0. The first-order chi connectivity index (χ1) is 1.73. The van der Waals surface area contributed by atoms with Gasteiger partial charge in [0.05, 0.1) is 0 Å². The highest BCUT2D eigenvalue weighted by atomic mass is 79.9. The van der Waals surface area contributed by atoms with E-state index in [1.807, 2.05) is 0 Å². The van der Waals surface area contributed by atoms with Gasteiger partial charge in [-0.3, -0.25) is 0 Å². The van der Waals surface area contributed by atoms with Crippen LogP contribution < -0.4 is 0 Å². The molecule has 0 saturated heterocycles.